The summed E-state index contributed by atoms with van der Waals surface area (Å²) in [6, 6.07) is 10.6. The van der Waals surface area contributed by atoms with Crippen molar-refractivity contribution in [3.63, 3.8) is 0 Å². The van der Waals surface area contributed by atoms with E-state index in [0.717, 1.165) is 31.4 Å². The molecular formula is C27H35NO3S. The van der Waals surface area contributed by atoms with Gasteiger partial charge in [0.25, 0.3) is 0 Å². The molecule has 2 heterocycles. The molecule has 3 atom stereocenters. The fourth-order valence-corrected chi connectivity index (χ4v) is 5.50. The Hall–Kier alpha value is -2.08. The Morgan fingerprint density at radius 3 is 2.62 bits per heavy atom. The third-order valence-corrected chi connectivity index (χ3v) is 7.00. The van der Waals surface area contributed by atoms with Crippen LogP contribution in [0.2, 0.25) is 0 Å². The molecule has 172 valence electrons. The molecule has 1 aromatic heterocycles. The third kappa shape index (κ3) is 7.80. The first-order valence-corrected chi connectivity index (χ1v) is 12.4. The highest BCUT2D eigenvalue weighted by Gasteiger charge is 2.28. The summed E-state index contributed by atoms with van der Waals surface area (Å²) in [5.41, 5.74) is 3.78. The van der Waals surface area contributed by atoms with Gasteiger partial charge < -0.3 is 14.2 Å². The first-order valence-electron chi connectivity index (χ1n) is 11.4. The van der Waals surface area contributed by atoms with Gasteiger partial charge in [-0.15, -0.1) is 24.9 Å². The summed E-state index contributed by atoms with van der Waals surface area (Å²) in [7, 11) is 0. The van der Waals surface area contributed by atoms with E-state index in [1.807, 2.05) is 49.3 Å². The Kier molecular flexibility index (Phi) is 10.3. The summed E-state index contributed by atoms with van der Waals surface area (Å²) in [5.74, 6) is 0.913. The molecule has 1 aromatic carbocycles. The summed E-state index contributed by atoms with van der Waals surface area (Å²) >= 11 is 1.99. The molecule has 0 amide bonds. The van der Waals surface area contributed by atoms with E-state index in [1.54, 1.807) is 6.08 Å². The van der Waals surface area contributed by atoms with Crippen LogP contribution in [0.3, 0.4) is 0 Å². The number of thioether (sulfide) groups is 1. The van der Waals surface area contributed by atoms with E-state index < -0.39 is 0 Å². The van der Waals surface area contributed by atoms with Gasteiger partial charge in [0.05, 0.1) is 32.5 Å². The van der Waals surface area contributed by atoms with E-state index in [4.69, 9.17) is 14.2 Å². The molecule has 0 bridgehead atoms. The van der Waals surface area contributed by atoms with Crippen LogP contribution in [0.15, 0.2) is 68.0 Å². The Balaban J connectivity index is 1.69. The maximum Gasteiger partial charge on any atom is 0.119 e. The fraction of sp³-hybridized carbons (Fsp3) is 0.444. The molecule has 5 heteroatoms. The molecule has 1 fully saturated rings. The van der Waals surface area contributed by atoms with Gasteiger partial charge in [-0.1, -0.05) is 30.4 Å². The highest BCUT2D eigenvalue weighted by molar-refractivity contribution is 8.00. The number of pyridine rings is 1. The molecule has 0 radical (unpaired) electrons. The number of rotatable bonds is 12. The Morgan fingerprint density at radius 2 is 1.88 bits per heavy atom. The van der Waals surface area contributed by atoms with Crippen LogP contribution in [0.25, 0.3) is 0 Å². The van der Waals surface area contributed by atoms with Gasteiger partial charge in [-0.05, 0) is 61.4 Å². The maximum atomic E-state index is 6.03. The first kappa shape index (κ1) is 24.6. The predicted octanol–water partition coefficient (Wildman–Crippen LogP) is 6.17. The summed E-state index contributed by atoms with van der Waals surface area (Å²) in [6.45, 7) is 12.1. The van der Waals surface area contributed by atoms with Gasteiger partial charge in [-0.2, -0.15) is 0 Å². The van der Waals surface area contributed by atoms with E-state index >= 15 is 0 Å². The topological polar surface area (TPSA) is 40.6 Å². The quantitative estimate of drug-likeness (QED) is 0.284. The molecule has 1 aliphatic heterocycles. The van der Waals surface area contributed by atoms with Crippen molar-refractivity contribution in [2.45, 2.75) is 49.2 Å². The highest BCUT2D eigenvalue weighted by Crippen LogP contribution is 2.42. The number of hydrogen-bond donors (Lipinski definition) is 0. The zero-order valence-corrected chi connectivity index (χ0v) is 19.9. The second-order valence-electron chi connectivity index (χ2n) is 8.01. The minimum Gasteiger partial charge on any atom is -0.494 e. The molecule has 0 spiro atoms. The second kappa shape index (κ2) is 13.5. The Morgan fingerprint density at radius 1 is 1.06 bits per heavy atom. The lowest BCUT2D eigenvalue weighted by Gasteiger charge is -2.21. The summed E-state index contributed by atoms with van der Waals surface area (Å²) in [6.07, 6.45) is 11.8. The zero-order valence-electron chi connectivity index (χ0n) is 19.1. The lowest BCUT2D eigenvalue weighted by molar-refractivity contribution is 0.0540. The Labute approximate surface area is 197 Å². The van der Waals surface area contributed by atoms with Crippen LogP contribution in [0.1, 0.15) is 48.1 Å². The number of benzene rings is 1. The molecule has 0 saturated carbocycles. The Bertz CT molecular complexity index is 839. The summed E-state index contributed by atoms with van der Waals surface area (Å²) in [4.78, 5) is 4.58. The van der Waals surface area contributed by atoms with Crippen LogP contribution in [0.4, 0.5) is 0 Å². The predicted molar refractivity (Wildman–Crippen MR) is 134 cm³/mol. The molecule has 3 rings (SSSR count). The molecule has 4 nitrogen and oxygen atoms in total. The third-order valence-electron chi connectivity index (χ3n) is 5.45. The van der Waals surface area contributed by atoms with Gasteiger partial charge in [-0.25, -0.2) is 0 Å². The van der Waals surface area contributed by atoms with Crippen molar-refractivity contribution in [1.29, 1.82) is 0 Å². The average molecular weight is 454 g/mol. The minimum atomic E-state index is 0.239. The summed E-state index contributed by atoms with van der Waals surface area (Å²) in [5, 5.41) is 0.768. The molecule has 0 aliphatic carbocycles. The van der Waals surface area contributed by atoms with E-state index in [1.165, 1.54) is 16.7 Å². The van der Waals surface area contributed by atoms with Crippen molar-refractivity contribution in [2.24, 2.45) is 0 Å². The van der Waals surface area contributed by atoms with Crippen molar-refractivity contribution in [3.8, 4) is 5.75 Å². The standard InChI is InChI=1S/C27H35NO3S/c1-4-13-29-20-26-17-25(31-14-5-2)11-12-27(32-26)23-16-22(18-28-19-23)15-21-7-9-24(10-8-21)30-6-3/h4-5,7-10,16,18-19,25-27H,1-2,6,11-15,17,20H2,3H3/t25-,26+,27-/m1/s1. The first-order chi connectivity index (χ1) is 15.7. The van der Waals surface area contributed by atoms with Crippen molar-refractivity contribution in [2.75, 3.05) is 26.4 Å². The molecule has 0 N–H and O–H groups in total. The van der Waals surface area contributed by atoms with Crippen molar-refractivity contribution < 1.29 is 14.2 Å². The van der Waals surface area contributed by atoms with Gasteiger partial charge >= 0.3 is 0 Å². The molecule has 0 unspecified atom stereocenters. The highest BCUT2D eigenvalue weighted by atomic mass is 32.2. The molecule has 32 heavy (non-hydrogen) atoms. The smallest absolute Gasteiger partial charge is 0.119 e. The van der Waals surface area contributed by atoms with E-state index in [-0.39, 0.29) is 6.10 Å². The van der Waals surface area contributed by atoms with Crippen LogP contribution >= 0.6 is 11.8 Å². The lowest BCUT2D eigenvalue weighted by atomic mass is 10.0. The lowest BCUT2D eigenvalue weighted by Crippen LogP contribution is -2.21. The van der Waals surface area contributed by atoms with Gasteiger partial charge in [0.2, 0.25) is 0 Å². The largest absolute Gasteiger partial charge is 0.494 e. The fourth-order valence-electron chi connectivity index (χ4n) is 3.98. The normalized spacial score (nSPS) is 21.0. The average Bonchev–Trinajstić information content (AvgIpc) is 3.02. The maximum absolute atomic E-state index is 6.03. The van der Waals surface area contributed by atoms with Crippen LogP contribution in [-0.2, 0) is 15.9 Å². The number of ether oxygens (including phenoxy) is 3. The van der Waals surface area contributed by atoms with E-state index in [9.17, 15) is 0 Å². The zero-order chi connectivity index (χ0) is 22.6. The van der Waals surface area contributed by atoms with Crippen molar-refractivity contribution in [3.05, 3.63) is 84.7 Å². The van der Waals surface area contributed by atoms with E-state index in [0.29, 0.717) is 36.9 Å². The number of hydrogen-bond acceptors (Lipinski definition) is 5. The van der Waals surface area contributed by atoms with Crippen LogP contribution < -0.4 is 4.74 Å². The van der Waals surface area contributed by atoms with Crippen molar-refractivity contribution in [1.82, 2.24) is 4.98 Å². The monoisotopic (exact) mass is 453 g/mol. The second-order valence-corrected chi connectivity index (χ2v) is 9.52. The molecule has 1 saturated heterocycles. The van der Waals surface area contributed by atoms with Gasteiger partial charge in [0, 0.05) is 22.9 Å². The summed E-state index contributed by atoms with van der Waals surface area (Å²) < 4.78 is 17.4. The van der Waals surface area contributed by atoms with Crippen LogP contribution in [0, 0.1) is 0 Å². The van der Waals surface area contributed by atoms with Gasteiger partial charge in [0.15, 0.2) is 0 Å². The molecular weight excluding hydrogens is 418 g/mol. The van der Waals surface area contributed by atoms with E-state index in [2.05, 4.69) is 36.3 Å². The number of nitrogens with zero attached hydrogens (tertiary/aromatic N) is 1. The molecule has 1 aliphatic rings. The minimum absolute atomic E-state index is 0.239. The van der Waals surface area contributed by atoms with Crippen molar-refractivity contribution >= 4 is 11.8 Å². The molecule has 2 aromatic rings. The van der Waals surface area contributed by atoms with Crippen LogP contribution in [0.5, 0.6) is 5.75 Å². The van der Waals surface area contributed by atoms with Gasteiger partial charge in [-0.3, -0.25) is 4.98 Å². The number of aromatic nitrogens is 1. The SMILES string of the molecule is C=CCOC[C@@H]1C[C@H](OCC=C)CC[C@H](c2cncc(Cc3ccc(OCC)cc3)c2)S1. The van der Waals surface area contributed by atoms with Gasteiger partial charge in [0.1, 0.15) is 5.75 Å². The van der Waals surface area contributed by atoms with Crippen LogP contribution in [-0.4, -0.2) is 42.8 Å².